The summed E-state index contributed by atoms with van der Waals surface area (Å²) >= 11 is 0. The molecule has 0 spiro atoms. The van der Waals surface area contributed by atoms with Gasteiger partial charge in [0.1, 0.15) is 11.4 Å². The summed E-state index contributed by atoms with van der Waals surface area (Å²) in [5.41, 5.74) is 0.424. The van der Waals surface area contributed by atoms with E-state index in [4.69, 9.17) is 9.47 Å². The smallest absolute Gasteiger partial charge is 0.358 e. The number of aromatic hydroxyl groups is 1. The quantitative estimate of drug-likeness (QED) is 0.438. The van der Waals surface area contributed by atoms with Crippen LogP contribution in [0, 0.1) is 11.3 Å². The Bertz CT molecular complexity index is 881. The standard InChI is InChI=1S/C21H25NO7/c1-11(23)16-15-9-14(12-6-5-7-13(24)8-12)17(22(15)18(16)25)19(26)28-10-29-20(27)21(2,3)4/h5-8,11,15-16,23-24H,9-10H2,1-4H3/t11-,15-,16-/m1/s1. The predicted octanol–water partition coefficient (Wildman–Crippen LogP) is 1.80. The first-order valence-electron chi connectivity index (χ1n) is 9.40. The van der Waals surface area contributed by atoms with E-state index >= 15 is 0 Å². The van der Waals surface area contributed by atoms with Crippen LogP contribution in [0.2, 0.25) is 0 Å². The zero-order chi connectivity index (χ0) is 21.5. The van der Waals surface area contributed by atoms with Gasteiger partial charge in [0.05, 0.1) is 23.5 Å². The number of amides is 1. The Balaban J connectivity index is 1.85. The second kappa shape index (κ2) is 7.51. The van der Waals surface area contributed by atoms with E-state index in [1.54, 1.807) is 32.9 Å². The van der Waals surface area contributed by atoms with Gasteiger partial charge in [-0.15, -0.1) is 0 Å². The fourth-order valence-electron chi connectivity index (χ4n) is 3.63. The van der Waals surface area contributed by atoms with Crippen LogP contribution in [0.4, 0.5) is 0 Å². The van der Waals surface area contributed by atoms with Crippen molar-refractivity contribution in [1.29, 1.82) is 0 Å². The molecule has 3 rings (SSSR count). The van der Waals surface area contributed by atoms with Crippen molar-refractivity contribution in [2.24, 2.45) is 11.3 Å². The van der Waals surface area contributed by atoms with Crippen molar-refractivity contribution in [3.8, 4) is 5.75 Å². The van der Waals surface area contributed by atoms with Crippen LogP contribution in [0.1, 0.15) is 39.7 Å². The predicted molar refractivity (Wildman–Crippen MR) is 102 cm³/mol. The van der Waals surface area contributed by atoms with Crippen molar-refractivity contribution in [1.82, 2.24) is 4.90 Å². The Morgan fingerprint density at radius 1 is 1.28 bits per heavy atom. The number of phenols is 1. The van der Waals surface area contributed by atoms with Crippen molar-refractivity contribution in [2.75, 3.05) is 6.79 Å². The van der Waals surface area contributed by atoms with Crippen molar-refractivity contribution in [3.05, 3.63) is 35.5 Å². The lowest BCUT2D eigenvalue weighted by Gasteiger charge is -2.44. The van der Waals surface area contributed by atoms with Gasteiger partial charge in [0.15, 0.2) is 0 Å². The highest BCUT2D eigenvalue weighted by Gasteiger charge is 2.57. The number of carbonyl (C=O) groups is 3. The van der Waals surface area contributed by atoms with Crippen LogP contribution in [0.5, 0.6) is 5.75 Å². The molecule has 0 aliphatic carbocycles. The summed E-state index contributed by atoms with van der Waals surface area (Å²) in [6, 6.07) is 5.99. The number of phenolic OH excluding ortho intramolecular Hbond substituents is 1. The lowest BCUT2D eigenvalue weighted by Crippen LogP contribution is -2.61. The zero-order valence-corrected chi connectivity index (χ0v) is 16.8. The van der Waals surface area contributed by atoms with Gasteiger partial charge in [-0.1, -0.05) is 12.1 Å². The molecular formula is C21H25NO7. The summed E-state index contributed by atoms with van der Waals surface area (Å²) in [5, 5.41) is 19.7. The number of carbonyl (C=O) groups excluding carboxylic acids is 3. The van der Waals surface area contributed by atoms with E-state index in [0.717, 1.165) is 0 Å². The second-order valence-corrected chi connectivity index (χ2v) is 8.36. The van der Waals surface area contributed by atoms with E-state index in [1.165, 1.54) is 24.0 Å². The molecule has 2 N–H and O–H groups in total. The highest BCUT2D eigenvalue weighted by Crippen LogP contribution is 2.47. The molecule has 29 heavy (non-hydrogen) atoms. The maximum Gasteiger partial charge on any atom is 0.358 e. The molecule has 1 aromatic carbocycles. The summed E-state index contributed by atoms with van der Waals surface area (Å²) in [7, 11) is 0. The van der Waals surface area contributed by atoms with Crippen LogP contribution in [0.15, 0.2) is 30.0 Å². The van der Waals surface area contributed by atoms with Gasteiger partial charge in [-0.2, -0.15) is 0 Å². The molecule has 0 unspecified atom stereocenters. The zero-order valence-electron chi connectivity index (χ0n) is 16.8. The number of rotatable bonds is 5. The molecule has 2 aliphatic rings. The highest BCUT2D eigenvalue weighted by molar-refractivity contribution is 6.06. The normalized spacial score (nSPS) is 22.1. The first-order chi connectivity index (χ1) is 13.5. The summed E-state index contributed by atoms with van der Waals surface area (Å²) in [5.74, 6) is -2.27. The van der Waals surface area contributed by atoms with Crippen LogP contribution in [0.3, 0.4) is 0 Å². The number of ether oxygens (including phenoxy) is 2. The van der Waals surface area contributed by atoms with Gasteiger partial charge in [-0.25, -0.2) is 4.79 Å². The van der Waals surface area contributed by atoms with E-state index < -0.39 is 36.2 Å². The summed E-state index contributed by atoms with van der Waals surface area (Å²) < 4.78 is 10.1. The Labute approximate surface area is 168 Å². The van der Waals surface area contributed by atoms with E-state index in [0.29, 0.717) is 17.6 Å². The molecule has 0 saturated carbocycles. The first-order valence-corrected chi connectivity index (χ1v) is 9.40. The van der Waals surface area contributed by atoms with Gasteiger partial charge in [-0.05, 0) is 57.4 Å². The second-order valence-electron chi connectivity index (χ2n) is 8.36. The molecule has 2 heterocycles. The molecule has 0 radical (unpaired) electrons. The molecule has 1 amide bonds. The minimum atomic E-state index is -0.850. The third-order valence-electron chi connectivity index (χ3n) is 5.11. The van der Waals surface area contributed by atoms with Crippen molar-refractivity contribution in [3.63, 3.8) is 0 Å². The van der Waals surface area contributed by atoms with Crippen LogP contribution >= 0.6 is 0 Å². The molecule has 1 saturated heterocycles. The first kappa shape index (κ1) is 20.9. The number of benzene rings is 1. The van der Waals surface area contributed by atoms with Crippen molar-refractivity contribution < 1.29 is 34.1 Å². The minimum absolute atomic E-state index is 0.0227. The Morgan fingerprint density at radius 2 is 1.97 bits per heavy atom. The van der Waals surface area contributed by atoms with Crippen LogP contribution in [-0.4, -0.2) is 51.9 Å². The van der Waals surface area contributed by atoms with E-state index in [2.05, 4.69) is 0 Å². The van der Waals surface area contributed by atoms with Crippen LogP contribution < -0.4 is 0 Å². The lowest BCUT2D eigenvalue weighted by molar-refractivity contribution is -0.175. The summed E-state index contributed by atoms with van der Waals surface area (Å²) in [6.07, 6.45) is -0.506. The minimum Gasteiger partial charge on any atom is -0.508 e. The third-order valence-corrected chi connectivity index (χ3v) is 5.11. The number of aliphatic hydroxyl groups is 1. The number of esters is 2. The van der Waals surface area contributed by atoms with Crippen molar-refractivity contribution in [2.45, 2.75) is 46.3 Å². The maximum atomic E-state index is 12.8. The number of hydrogen-bond donors (Lipinski definition) is 2. The van der Waals surface area contributed by atoms with Gasteiger partial charge in [-0.3, -0.25) is 9.59 Å². The topological polar surface area (TPSA) is 113 Å². The molecule has 156 valence electrons. The SMILES string of the molecule is C[C@@H](O)[C@H]1C(=O)N2C(C(=O)OCOC(=O)C(C)(C)C)=C(c3cccc(O)c3)C[C@H]12. The van der Waals surface area contributed by atoms with Crippen molar-refractivity contribution >= 4 is 23.4 Å². The highest BCUT2D eigenvalue weighted by atomic mass is 16.7. The van der Waals surface area contributed by atoms with Crippen LogP contribution in [-0.2, 0) is 23.9 Å². The number of fused-ring (bicyclic) bond motifs is 1. The van der Waals surface area contributed by atoms with E-state index in [-0.39, 0.29) is 23.4 Å². The molecule has 8 heteroatoms. The monoisotopic (exact) mass is 403 g/mol. The largest absolute Gasteiger partial charge is 0.508 e. The number of aliphatic hydroxyl groups excluding tert-OH is 1. The van der Waals surface area contributed by atoms with E-state index in [1.807, 2.05) is 0 Å². The Morgan fingerprint density at radius 3 is 2.55 bits per heavy atom. The number of β-lactam (4-membered cyclic amide) rings is 1. The Kier molecular flexibility index (Phi) is 5.40. The fraction of sp³-hybridized carbons (Fsp3) is 0.476. The number of nitrogens with zero attached hydrogens (tertiary/aromatic N) is 1. The van der Waals surface area contributed by atoms with Gasteiger partial charge in [0.25, 0.3) is 0 Å². The van der Waals surface area contributed by atoms with Gasteiger partial charge >= 0.3 is 11.9 Å². The average molecular weight is 403 g/mol. The van der Waals surface area contributed by atoms with Gasteiger partial charge < -0.3 is 24.6 Å². The molecular weight excluding hydrogens is 378 g/mol. The molecule has 8 nitrogen and oxygen atoms in total. The van der Waals surface area contributed by atoms with E-state index in [9.17, 15) is 24.6 Å². The maximum absolute atomic E-state index is 12.8. The molecule has 2 aliphatic heterocycles. The van der Waals surface area contributed by atoms with Crippen LogP contribution in [0.25, 0.3) is 5.57 Å². The van der Waals surface area contributed by atoms with Gasteiger partial charge in [0, 0.05) is 0 Å². The molecule has 1 aromatic rings. The molecule has 3 atom stereocenters. The third kappa shape index (κ3) is 3.85. The molecule has 0 bridgehead atoms. The van der Waals surface area contributed by atoms with Gasteiger partial charge in [0.2, 0.25) is 12.7 Å². The average Bonchev–Trinajstić information content (AvgIpc) is 2.95. The summed E-state index contributed by atoms with van der Waals surface area (Å²) in [6.45, 7) is 6.00. The summed E-state index contributed by atoms with van der Waals surface area (Å²) in [4.78, 5) is 38.5. The Hall–Kier alpha value is -2.87. The molecule has 1 fully saturated rings. The number of hydrogen-bond acceptors (Lipinski definition) is 7. The lowest BCUT2D eigenvalue weighted by atomic mass is 9.82. The molecule has 0 aromatic heterocycles. The fourth-order valence-corrected chi connectivity index (χ4v) is 3.63.